The molecule has 0 unspecified atom stereocenters. The van der Waals surface area contributed by atoms with E-state index in [1.165, 1.54) is 6.42 Å². The number of rotatable bonds is 9. The molecule has 0 aliphatic heterocycles. The summed E-state index contributed by atoms with van der Waals surface area (Å²) in [4.78, 5) is 10.1. The van der Waals surface area contributed by atoms with Gasteiger partial charge in [0.25, 0.3) is 5.69 Å². The average molecular weight is 250 g/mol. The van der Waals surface area contributed by atoms with Crippen molar-refractivity contribution >= 4 is 5.69 Å². The molecule has 0 heterocycles. The van der Waals surface area contributed by atoms with Gasteiger partial charge in [0.15, 0.2) is 0 Å². The molecular weight excluding hydrogens is 230 g/mol. The van der Waals surface area contributed by atoms with Crippen LogP contribution in [0.25, 0.3) is 0 Å². The second-order valence-electron chi connectivity index (χ2n) is 4.50. The second kappa shape index (κ2) is 8.64. The summed E-state index contributed by atoms with van der Waals surface area (Å²) in [6.45, 7) is 0.0444. The van der Waals surface area contributed by atoms with E-state index in [9.17, 15) is 15.2 Å². The summed E-state index contributed by atoms with van der Waals surface area (Å²) in [5, 5.41) is 20.7. The van der Waals surface area contributed by atoms with Crippen molar-refractivity contribution in [2.24, 2.45) is 0 Å². The minimum absolute atomic E-state index is 0.0444. The normalized spacial score (nSPS) is 10.5. The van der Waals surface area contributed by atoms with Crippen LogP contribution in [0.3, 0.4) is 0 Å². The van der Waals surface area contributed by atoms with Crippen LogP contribution in [0.2, 0.25) is 0 Å². The highest BCUT2D eigenvalue weighted by Crippen LogP contribution is 2.14. The molecule has 1 rings (SSSR count). The highest BCUT2D eigenvalue weighted by Gasteiger charge is 2.03. The van der Waals surface area contributed by atoms with E-state index in [0.717, 1.165) is 44.1 Å². The largest absolute Gasteiger partial charge is 0.269 e. The van der Waals surface area contributed by atoms with Crippen LogP contribution in [0.15, 0.2) is 24.3 Å². The quantitative estimate of drug-likeness (QED) is 0.379. The van der Waals surface area contributed by atoms with Gasteiger partial charge in [-0.05, 0) is 24.8 Å². The Hall–Kier alpha value is -1.42. The number of hydrogen-bond acceptors (Lipinski definition) is 2. The third-order valence-electron chi connectivity index (χ3n) is 3.01. The first kappa shape index (κ1) is 14.6. The predicted octanol–water partition coefficient (Wildman–Crippen LogP) is 3.91. The first-order valence-corrected chi connectivity index (χ1v) is 6.55. The molecule has 4 heteroatoms. The number of aryl methyl sites for hydroxylation is 1. The molecule has 0 atom stereocenters. The first-order valence-electron chi connectivity index (χ1n) is 6.55. The van der Waals surface area contributed by atoms with Gasteiger partial charge in [-0.3, -0.25) is 10.1 Å². The van der Waals surface area contributed by atoms with Crippen LogP contribution in [0.4, 0.5) is 5.69 Å². The van der Waals surface area contributed by atoms with Crippen LogP contribution in [0.1, 0.15) is 44.1 Å². The Bertz CT molecular complexity index is 349. The summed E-state index contributed by atoms with van der Waals surface area (Å²) < 4.78 is 0. The topological polar surface area (TPSA) is 63.0 Å². The fraction of sp³-hybridized carbons (Fsp3) is 0.571. The third kappa shape index (κ3) is 5.77. The minimum Gasteiger partial charge on any atom is -0.258 e. The molecule has 0 saturated carbocycles. The zero-order chi connectivity index (χ0) is 13.2. The smallest absolute Gasteiger partial charge is 0.258 e. The van der Waals surface area contributed by atoms with Crippen LogP contribution in [0.5, 0.6) is 0 Å². The highest BCUT2D eigenvalue weighted by atomic mass is 16.6. The third-order valence-corrected chi connectivity index (χ3v) is 3.01. The lowest BCUT2D eigenvalue weighted by atomic mass is 10.0. The van der Waals surface area contributed by atoms with Gasteiger partial charge in [0, 0.05) is 12.1 Å². The number of unbranched alkanes of at least 4 members (excludes halogenated alkanes) is 5. The maximum atomic E-state index is 10.5. The lowest BCUT2D eigenvalue weighted by molar-refractivity contribution is -0.384. The molecular formula is C14H20NO3. The van der Waals surface area contributed by atoms with Crippen molar-refractivity contribution in [1.29, 1.82) is 0 Å². The van der Waals surface area contributed by atoms with E-state index in [1.807, 2.05) is 12.1 Å². The molecule has 0 fully saturated rings. The van der Waals surface area contributed by atoms with Gasteiger partial charge in [-0.25, -0.2) is 5.11 Å². The summed E-state index contributed by atoms with van der Waals surface area (Å²) in [7, 11) is 0. The summed E-state index contributed by atoms with van der Waals surface area (Å²) in [6, 6.07) is 6.78. The van der Waals surface area contributed by atoms with E-state index >= 15 is 0 Å². The van der Waals surface area contributed by atoms with Gasteiger partial charge in [0.1, 0.15) is 0 Å². The first-order chi connectivity index (χ1) is 8.74. The van der Waals surface area contributed by atoms with Crippen molar-refractivity contribution in [2.45, 2.75) is 44.9 Å². The lowest BCUT2D eigenvalue weighted by Gasteiger charge is -2.02. The fourth-order valence-electron chi connectivity index (χ4n) is 1.92. The van der Waals surface area contributed by atoms with Gasteiger partial charge in [0.05, 0.1) is 11.5 Å². The van der Waals surface area contributed by atoms with Crippen molar-refractivity contribution in [3.63, 3.8) is 0 Å². The van der Waals surface area contributed by atoms with Gasteiger partial charge in [-0.15, -0.1) is 0 Å². The van der Waals surface area contributed by atoms with Gasteiger partial charge in [0.2, 0.25) is 0 Å². The molecule has 0 aromatic heterocycles. The van der Waals surface area contributed by atoms with E-state index in [1.54, 1.807) is 12.1 Å². The van der Waals surface area contributed by atoms with Gasteiger partial charge in [-0.1, -0.05) is 37.8 Å². The van der Waals surface area contributed by atoms with Crippen molar-refractivity contribution < 1.29 is 10.0 Å². The molecule has 1 aromatic rings. The average Bonchev–Trinajstić information content (AvgIpc) is 2.38. The molecule has 0 amide bonds. The molecule has 0 bridgehead atoms. The molecule has 0 aliphatic rings. The Labute approximate surface area is 108 Å². The Morgan fingerprint density at radius 2 is 1.44 bits per heavy atom. The lowest BCUT2D eigenvalue weighted by Crippen LogP contribution is -1.90. The number of nitro benzene ring substituents is 1. The predicted molar refractivity (Wildman–Crippen MR) is 70.1 cm³/mol. The van der Waals surface area contributed by atoms with Crippen molar-refractivity contribution in [3.8, 4) is 0 Å². The summed E-state index contributed by atoms with van der Waals surface area (Å²) in [6.07, 6.45) is 7.39. The van der Waals surface area contributed by atoms with E-state index in [-0.39, 0.29) is 17.2 Å². The van der Waals surface area contributed by atoms with E-state index in [4.69, 9.17) is 0 Å². The zero-order valence-electron chi connectivity index (χ0n) is 10.6. The number of hydrogen-bond donors (Lipinski definition) is 0. The number of non-ortho nitro benzene ring substituents is 1. The Balaban J connectivity index is 2.14. The maximum Gasteiger partial charge on any atom is 0.269 e. The molecule has 18 heavy (non-hydrogen) atoms. The van der Waals surface area contributed by atoms with Crippen LogP contribution < -0.4 is 0 Å². The van der Waals surface area contributed by atoms with Gasteiger partial charge >= 0.3 is 0 Å². The monoisotopic (exact) mass is 250 g/mol. The molecule has 1 radical (unpaired) electrons. The molecule has 99 valence electrons. The summed E-state index contributed by atoms with van der Waals surface area (Å²) in [5.74, 6) is 0. The SMILES string of the molecule is [O]CCCCCCCCc1ccc([N+](=O)[O-])cc1. The van der Waals surface area contributed by atoms with Gasteiger partial charge in [-0.2, -0.15) is 0 Å². The minimum atomic E-state index is -0.375. The second-order valence-corrected chi connectivity index (χ2v) is 4.50. The Morgan fingerprint density at radius 3 is 2.00 bits per heavy atom. The highest BCUT2D eigenvalue weighted by molar-refractivity contribution is 5.32. The Morgan fingerprint density at radius 1 is 0.889 bits per heavy atom. The number of nitrogens with zero attached hydrogens (tertiary/aromatic N) is 1. The summed E-state index contributed by atoms with van der Waals surface area (Å²) in [5.41, 5.74) is 1.30. The van der Waals surface area contributed by atoms with Gasteiger partial charge < -0.3 is 0 Å². The molecule has 0 aliphatic carbocycles. The molecule has 0 N–H and O–H groups in total. The van der Waals surface area contributed by atoms with Crippen LogP contribution in [-0.4, -0.2) is 11.5 Å². The Kier molecular flexibility index (Phi) is 7.03. The molecule has 0 spiro atoms. The fourth-order valence-corrected chi connectivity index (χ4v) is 1.92. The maximum absolute atomic E-state index is 10.5. The number of nitro groups is 1. The van der Waals surface area contributed by atoms with Crippen molar-refractivity contribution in [1.82, 2.24) is 0 Å². The van der Waals surface area contributed by atoms with Crippen LogP contribution in [0, 0.1) is 10.1 Å². The van der Waals surface area contributed by atoms with Crippen LogP contribution >= 0.6 is 0 Å². The van der Waals surface area contributed by atoms with Crippen LogP contribution in [-0.2, 0) is 11.5 Å². The van der Waals surface area contributed by atoms with E-state index in [0.29, 0.717) is 0 Å². The molecule has 0 saturated heterocycles. The summed E-state index contributed by atoms with van der Waals surface area (Å²) >= 11 is 0. The van der Waals surface area contributed by atoms with Crippen molar-refractivity contribution in [3.05, 3.63) is 39.9 Å². The molecule has 1 aromatic carbocycles. The van der Waals surface area contributed by atoms with E-state index < -0.39 is 0 Å². The van der Waals surface area contributed by atoms with E-state index in [2.05, 4.69) is 0 Å². The number of benzene rings is 1. The standard InChI is InChI=1S/C14H20NO3/c16-12-6-4-2-1-3-5-7-13-8-10-14(11-9-13)15(17)18/h8-11H,1-7,12H2. The van der Waals surface area contributed by atoms with Crippen molar-refractivity contribution in [2.75, 3.05) is 6.61 Å². The molecule has 4 nitrogen and oxygen atoms in total. The zero-order valence-corrected chi connectivity index (χ0v) is 10.6.